The predicted molar refractivity (Wildman–Crippen MR) is 35.7 cm³/mol. The van der Waals surface area contributed by atoms with Crippen LogP contribution in [0.1, 0.15) is 26.2 Å². The van der Waals surface area contributed by atoms with Crippen LogP contribution in [0.15, 0.2) is 0 Å². The Morgan fingerprint density at radius 2 is 2.00 bits per heavy atom. The van der Waals surface area contributed by atoms with Crippen molar-refractivity contribution in [2.24, 2.45) is 0 Å². The molecule has 3 nitrogen and oxygen atoms in total. The van der Waals surface area contributed by atoms with Crippen LogP contribution in [0.4, 0.5) is 0 Å². The zero-order valence-electron chi connectivity index (χ0n) is 5.54. The van der Waals surface area contributed by atoms with Crippen molar-refractivity contribution in [2.45, 2.75) is 26.2 Å². The van der Waals surface area contributed by atoms with E-state index in [-0.39, 0.29) is 0 Å². The highest BCUT2D eigenvalue weighted by Gasteiger charge is 2.62. The summed E-state index contributed by atoms with van der Waals surface area (Å²) >= 11 is 0. The molecule has 0 aromatic rings. The third-order valence-electron chi connectivity index (χ3n) is 1.29. The van der Waals surface area contributed by atoms with Crippen molar-refractivity contribution >= 4 is 7.94 Å². The lowest BCUT2D eigenvalue weighted by atomic mass is 10.3. The van der Waals surface area contributed by atoms with Crippen molar-refractivity contribution in [1.29, 1.82) is 0 Å². The van der Waals surface area contributed by atoms with E-state index in [1.165, 1.54) is 6.42 Å². The summed E-state index contributed by atoms with van der Waals surface area (Å²) in [5, 5.41) is 0. The third-order valence-corrected chi connectivity index (χ3v) is 2.67. The lowest BCUT2D eigenvalue weighted by Crippen LogP contribution is -1.82. The van der Waals surface area contributed by atoms with E-state index >= 15 is 0 Å². The van der Waals surface area contributed by atoms with Crippen LogP contribution < -0.4 is 0 Å². The summed E-state index contributed by atoms with van der Waals surface area (Å²) in [7, 11) is -2.20. The summed E-state index contributed by atoms with van der Waals surface area (Å²) in [6, 6.07) is 0. The van der Waals surface area contributed by atoms with Gasteiger partial charge in [0.2, 0.25) is 0 Å². The van der Waals surface area contributed by atoms with Crippen LogP contribution >= 0.6 is 7.94 Å². The fraction of sp³-hybridized carbons (Fsp3) is 1.00. The molecular weight excluding hydrogens is 139 g/mol. The van der Waals surface area contributed by atoms with E-state index in [4.69, 9.17) is 4.89 Å². The number of hydrogen-bond acceptors (Lipinski definition) is 3. The molecule has 0 atom stereocenters. The lowest BCUT2D eigenvalue weighted by molar-refractivity contribution is 0.0850. The van der Waals surface area contributed by atoms with Crippen LogP contribution in [-0.4, -0.2) is 11.1 Å². The van der Waals surface area contributed by atoms with Gasteiger partial charge in [-0.25, -0.2) is 0 Å². The van der Waals surface area contributed by atoms with Crippen molar-refractivity contribution in [1.82, 2.24) is 0 Å². The molecule has 0 bridgehead atoms. The first kappa shape index (κ1) is 7.42. The first-order valence-electron chi connectivity index (χ1n) is 3.26. The van der Waals surface area contributed by atoms with E-state index in [9.17, 15) is 0 Å². The normalized spacial score (nSPS) is 22.0. The first-order chi connectivity index (χ1) is 4.27. The van der Waals surface area contributed by atoms with Crippen LogP contribution in [0, 0.1) is 0 Å². The topological polar surface area (TPSA) is 45.3 Å². The smallest absolute Gasteiger partial charge is 0.188 e. The van der Waals surface area contributed by atoms with Crippen LogP contribution in [0.3, 0.4) is 0 Å². The largest absolute Gasteiger partial charge is 0.495 e. The lowest BCUT2D eigenvalue weighted by Gasteiger charge is -1.88. The van der Waals surface area contributed by atoms with Crippen molar-refractivity contribution in [3.05, 3.63) is 0 Å². The zero-order chi connectivity index (χ0) is 6.74. The molecule has 1 heterocycles. The minimum atomic E-state index is -2.20. The molecule has 0 aromatic carbocycles. The highest BCUT2D eigenvalue weighted by Crippen LogP contribution is 2.72. The van der Waals surface area contributed by atoms with Gasteiger partial charge in [-0.15, -0.1) is 0 Å². The maximum atomic E-state index is 9.02. The van der Waals surface area contributed by atoms with Crippen LogP contribution in [0.25, 0.3) is 0 Å². The van der Waals surface area contributed by atoms with Gasteiger partial charge in [-0.05, 0) is 12.8 Å². The predicted octanol–water partition coefficient (Wildman–Crippen LogP) is 1.89. The average Bonchev–Trinajstić information content (AvgIpc) is 2.50. The second-order valence-corrected chi connectivity index (χ2v) is 4.24. The van der Waals surface area contributed by atoms with E-state index in [2.05, 4.69) is 16.3 Å². The zero-order valence-corrected chi connectivity index (χ0v) is 6.43. The van der Waals surface area contributed by atoms with Crippen molar-refractivity contribution in [2.75, 3.05) is 6.16 Å². The number of rotatable bonds is 4. The van der Waals surface area contributed by atoms with E-state index in [0.29, 0.717) is 6.16 Å². The molecule has 0 aliphatic carbocycles. The highest BCUT2D eigenvalue weighted by atomic mass is 31.2. The molecule has 0 radical (unpaired) electrons. The molecule has 1 aliphatic heterocycles. The van der Waals surface area contributed by atoms with Gasteiger partial charge in [0.05, 0.1) is 0 Å². The molecule has 1 N–H and O–H groups in total. The fourth-order valence-corrected chi connectivity index (χ4v) is 1.75. The van der Waals surface area contributed by atoms with Gasteiger partial charge >= 0.3 is 7.94 Å². The molecule has 1 rings (SSSR count). The Balaban J connectivity index is 1.92. The molecule has 0 saturated carbocycles. The van der Waals surface area contributed by atoms with Crippen molar-refractivity contribution in [3.63, 3.8) is 0 Å². The van der Waals surface area contributed by atoms with Gasteiger partial charge in [0, 0.05) is 9.35 Å². The Morgan fingerprint density at radius 1 is 1.33 bits per heavy atom. The molecule has 1 fully saturated rings. The minimum Gasteiger partial charge on any atom is -0.188 e. The average molecular weight is 151 g/mol. The van der Waals surface area contributed by atoms with E-state index in [0.717, 1.165) is 12.8 Å². The quantitative estimate of drug-likeness (QED) is 0.289. The molecule has 0 unspecified atom stereocenters. The third kappa shape index (κ3) is 2.59. The Morgan fingerprint density at radius 3 is 2.44 bits per heavy atom. The van der Waals surface area contributed by atoms with Crippen LogP contribution in [0.5, 0.6) is 0 Å². The second-order valence-electron chi connectivity index (χ2n) is 2.22. The van der Waals surface area contributed by atoms with Gasteiger partial charge < -0.3 is 0 Å². The summed E-state index contributed by atoms with van der Waals surface area (Å²) < 4.78 is 8.82. The summed E-state index contributed by atoms with van der Waals surface area (Å²) in [6.07, 6.45) is 4.04. The van der Waals surface area contributed by atoms with E-state index in [1.54, 1.807) is 0 Å². The highest BCUT2D eigenvalue weighted by molar-refractivity contribution is 7.64. The molecule has 0 amide bonds. The van der Waals surface area contributed by atoms with E-state index < -0.39 is 7.94 Å². The fourth-order valence-electron chi connectivity index (χ4n) is 0.675. The summed E-state index contributed by atoms with van der Waals surface area (Å²) in [6.45, 7) is 2.12. The maximum absolute atomic E-state index is 9.02. The van der Waals surface area contributed by atoms with Crippen LogP contribution in [0.2, 0.25) is 0 Å². The second kappa shape index (κ2) is 2.93. The first-order valence-corrected chi connectivity index (χ1v) is 5.02. The Hall–Kier alpha value is 0.310. The summed E-state index contributed by atoms with van der Waals surface area (Å²) in [5.41, 5.74) is 0. The van der Waals surface area contributed by atoms with Gasteiger partial charge in [-0.1, -0.05) is 13.3 Å². The Kier molecular flexibility index (Phi) is 2.42. The maximum Gasteiger partial charge on any atom is 0.495 e. The summed E-state index contributed by atoms with van der Waals surface area (Å²) in [4.78, 5) is 9.02. The standard InChI is InChI=1S/C5H12O3P/c1-2-3-4-5-9(6)7-8-9/h6H,2-5H2,1H3/q+1. The molecule has 4 heteroatoms. The molecular formula is C5H12O3P+. The van der Waals surface area contributed by atoms with Gasteiger partial charge in [0.15, 0.2) is 0 Å². The van der Waals surface area contributed by atoms with Gasteiger partial charge in [-0.3, -0.25) is 0 Å². The molecule has 0 aromatic heterocycles. The van der Waals surface area contributed by atoms with Gasteiger partial charge in [0.1, 0.15) is 6.16 Å². The van der Waals surface area contributed by atoms with Crippen molar-refractivity contribution in [3.8, 4) is 0 Å². The minimum absolute atomic E-state index is 0.709. The Labute approximate surface area is 55.5 Å². The molecule has 1 saturated heterocycles. The Bertz CT molecular complexity index is 92.2. The van der Waals surface area contributed by atoms with E-state index in [1.807, 2.05) is 0 Å². The number of hydrogen-bond donors (Lipinski definition) is 1. The summed E-state index contributed by atoms with van der Waals surface area (Å²) in [5.74, 6) is 0. The SMILES string of the molecule is CCCCC[P+]1(O)OO1. The molecule has 1 aliphatic rings. The number of unbranched alkanes of at least 4 members (excludes halogenated alkanes) is 2. The van der Waals surface area contributed by atoms with Gasteiger partial charge in [0.25, 0.3) is 0 Å². The molecule has 0 spiro atoms. The molecule has 54 valence electrons. The monoisotopic (exact) mass is 151 g/mol. The van der Waals surface area contributed by atoms with Gasteiger partial charge in [-0.2, -0.15) is 4.89 Å². The van der Waals surface area contributed by atoms with Crippen molar-refractivity contribution < 1.29 is 14.2 Å². The van der Waals surface area contributed by atoms with Crippen LogP contribution in [-0.2, 0) is 9.35 Å². The molecule has 9 heavy (non-hydrogen) atoms.